The van der Waals surface area contributed by atoms with Crippen molar-refractivity contribution in [2.45, 2.75) is 25.3 Å². The molecule has 2 N–H and O–H groups in total. The Kier molecular flexibility index (Phi) is 6.04. The molecule has 0 unspecified atom stereocenters. The summed E-state index contributed by atoms with van der Waals surface area (Å²) in [6, 6.07) is 3.98. The summed E-state index contributed by atoms with van der Waals surface area (Å²) in [5, 5.41) is 7.61. The molecule has 3 amide bonds. The first-order valence-electron chi connectivity index (χ1n) is 8.73. The maximum absolute atomic E-state index is 12.2. The molecule has 7 nitrogen and oxygen atoms in total. The SMILES string of the molecule is O=C(CN1CCN(C(=O)CCNC(=O)c2cccs2)CC1)NC1CC1. The van der Waals surface area contributed by atoms with Gasteiger partial charge in [0.15, 0.2) is 0 Å². The lowest BCUT2D eigenvalue weighted by atomic mass is 10.2. The van der Waals surface area contributed by atoms with Crippen molar-refractivity contribution in [3.05, 3.63) is 22.4 Å². The van der Waals surface area contributed by atoms with E-state index < -0.39 is 0 Å². The first-order valence-corrected chi connectivity index (χ1v) is 9.61. The molecular weight excluding hydrogens is 340 g/mol. The molecule has 0 radical (unpaired) electrons. The Labute approximate surface area is 151 Å². The number of nitrogens with zero attached hydrogens (tertiary/aromatic N) is 2. The molecule has 25 heavy (non-hydrogen) atoms. The van der Waals surface area contributed by atoms with E-state index in [1.807, 2.05) is 16.3 Å². The fraction of sp³-hybridized carbons (Fsp3) is 0.588. The van der Waals surface area contributed by atoms with Gasteiger partial charge in [0.25, 0.3) is 5.91 Å². The lowest BCUT2D eigenvalue weighted by Gasteiger charge is -2.34. The Bertz CT molecular complexity index is 607. The maximum atomic E-state index is 12.2. The van der Waals surface area contributed by atoms with E-state index in [-0.39, 0.29) is 17.7 Å². The van der Waals surface area contributed by atoms with Crippen molar-refractivity contribution in [2.75, 3.05) is 39.3 Å². The van der Waals surface area contributed by atoms with Crippen LogP contribution in [0, 0.1) is 0 Å². The van der Waals surface area contributed by atoms with Crippen LogP contribution in [0.1, 0.15) is 28.9 Å². The van der Waals surface area contributed by atoms with Crippen LogP contribution in [0.15, 0.2) is 17.5 Å². The molecule has 2 aliphatic rings. The highest BCUT2D eigenvalue weighted by molar-refractivity contribution is 7.12. The minimum atomic E-state index is -0.130. The van der Waals surface area contributed by atoms with Crippen molar-refractivity contribution in [1.82, 2.24) is 20.4 Å². The van der Waals surface area contributed by atoms with Gasteiger partial charge < -0.3 is 15.5 Å². The van der Waals surface area contributed by atoms with Crippen molar-refractivity contribution >= 4 is 29.1 Å². The lowest BCUT2D eigenvalue weighted by Crippen LogP contribution is -2.51. The van der Waals surface area contributed by atoms with Crippen LogP contribution in [-0.2, 0) is 9.59 Å². The van der Waals surface area contributed by atoms with E-state index in [1.165, 1.54) is 11.3 Å². The third-order valence-electron chi connectivity index (χ3n) is 4.40. The van der Waals surface area contributed by atoms with Gasteiger partial charge in [0.1, 0.15) is 0 Å². The summed E-state index contributed by atoms with van der Waals surface area (Å²) in [6.45, 7) is 3.45. The summed E-state index contributed by atoms with van der Waals surface area (Å²) in [4.78, 5) is 40.4. The highest BCUT2D eigenvalue weighted by Gasteiger charge is 2.26. The number of rotatable bonds is 7. The number of amides is 3. The molecule has 0 atom stereocenters. The summed E-state index contributed by atoms with van der Waals surface area (Å²) in [7, 11) is 0. The number of piperazine rings is 1. The average molecular weight is 364 g/mol. The molecule has 1 aliphatic heterocycles. The van der Waals surface area contributed by atoms with E-state index in [0.717, 1.165) is 12.8 Å². The van der Waals surface area contributed by atoms with Crippen molar-refractivity contribution in [3.63, 3.8) is 0 Å². The van der Waals surface area contributed by atoms with Crippen LogP contribution in [0.2, 0.25) is 0 Å². The van der Waals surface area contributed by atoms with Gasteiger partial charge in [-0.15, -0.1) is 11.3 Å². The average Bonchev–Trinajstić information content (AvgIpc) is 3.24. The summed E-state index contributed by atoms with van der Waals surface area (Å²) in [5.74, 6) is 0.00132. The first kappa shape index (κ1) is 17.9. The van der Waals surface area contributed by atoms with Gasteiger partial charge in [-0.3, -0.25) is 19.3 Å². The zero-order chi connectivity index (χ0) is 17.6. The molecule has 0 aromatic carbocycles. The smallest absolute Gasteiger partial charge is 0.261 e. The molecule has 3 rings (SSSR count). The predicted molar refractivity (Wildman–Crippen MR) is 95.5 cm³/mol. The predicted octanol–water partition coefficient (Wildman–Crippen LogP) is 0.291. The highest BCUT2D eigenvalue weighted by atomic mass is 32.1. The minimum absolute atomic E-state index is 0.0496. The summed E-state index contributed by atoms with van der Waals surface area (Å²) >= 11 is 1.38. The van der Waals surface area contributed by atoms with Gasteiger partial charge in [0, 0.05) is 45.2 Å². The van der Waals surface area contributed by atoms with Crippen LogP contribution in [0.25, 0.3) is 0 Å². The highest BCUT2D eigenvalue weighted by Crippen LogP contribution is 2.18. The van der Waals surface area contributed by atoms with Crippen LogP contribution in [0.3, 0.4) is 0 Å². The molecule has 0 bridgehead atoms. The van der Waals surface area contributed by atoms with Crippen LogP contribution >= 0.6 is 11.3 Å². The monoisotopic (exact) mass is 364 g/mol. The molecular formula is C17H24N4O3S. The maximum Gasteiger partial charge on any atom is 0.261 e. The van der Waals surface area contributed by atoms with Gasteiger partial charge >= 0.3 is 0 Å². The molecule has 1 aromatic heterocycles. The number of thiophene rings is 1. The molecule has 1 aromatic rings. The fourth-order valence-electron chi connectivity index (χ4n) is 2.80. The standard InChI is InChI=1S/C17H24N4O3S/c22-15(19-13-3-4-13)12-20-7-9-21(10-8-20)16(23)5-6-18-17(24)14-2-1-11-25-14/h1-2,11,13H,3-10,12H2,(H,18,24)(H,19,22). The van der Waals surface area contributed by atoms with E-state index in [0.29, 0.717) is 56.6 Å². The van der Waals surface area contributed by atoms with Gasteiger partial charge in [0.05, 0.1) is 11.4 Å². The van der Waals surface area contributed by atoms with Crippen molar-refractivity contribution in [3.8, 4) is 0 Å². The Balaban J connectivity index is 1.31. The molecule has 0 spiro atoms. The van der Waals surface area contributed by atoms with Crippen molar-refractivity contribution in [2.24, 2.45) is 0 Å². The van der Waals surface area contributed by atoms with Gasteiger partial charge in [-0.1, -0.05) is 6.07 Å². The number of carbonyl (C=O) groups is 3. The van der Waals surface area contributed by atoms with E-state index in [9.17, 15) is 14.4 Å². The minimum Gasteiger partial charge on any atom is -0.352 e. The number of carbonyl (C=O) groups excluding carboxylic acids is 3. The molecule has 1 saturated carbocycles. The Morgan fingerprint density at radius 3 is 2.56 bits per heavy atom. The third kappa shape index (κ3) is 5.54. The molecule has 2 heterocycles. The van der Waals surface area contributed by atoms with Gasteiger partial charge in [-0.05, 0) is 24.3 Å². The molecule has 1 aliphatic carbocycles. The lowest BCUT2D eigenvalue weighted by molar-refractivity contribution is -0.133. The Morgan fingerprint density at radius 1 is 1.16 bits per heavy atom. The van der Waals surface area contributed by atoms with Crippen LogP contribution < -0.4 is 10.6 Å². The van der Waals surface area contributed by atoms with E-state index in [2.05, 4.69) is 15.5 Å². The first-order chi connectivity index (χ1) is 12.1. The molecule has 1 saturated heterocycles. The Hall–Kier alpha value is -1.93. The van der Waals surface area contributed by atoms with Crippen LogP contribution in [0.5, 0.6) is 0 Å². The normalized spacial score (nSPS) is 18.0. The summed E-state index contributed by atoms with van der Waals surface area (Å²) in [6.07, 6.45) is 2.49. The number of nitrogens with one attached hydrogen (secondary N) is 2. The quantitative estimate of drug-likeness (QED) is 0.729. The van der Waals surface area contributed by atoms with E-state index >= 15 is 0 Å². The van der Waals surface area contributed by atoms with Gasteiger partial charge in [-0.25, -0.2) is 0 Å². The zero-order valence-corrected chi connectivity index (χ0v) is 15.0. The van der Waals surface area contributed by atoms with Gasteiger partial charge in [-0.2, -0.15) is 0 Å². The Morgan fingerprint density at radius 2 is 1.92 bits per heavy atom. The second-order valence-corrected chi connectivity index (χ2v) is 7.43. The fourth-order valence-corrected chi connectivity index (χ4v) is 3.44. The zero-order valence-electron chi connectivity index (χ0n) is 14.2. The van der Waals surface area contributed by atoms with Crippen molar-refractivity contribution in [1.29, 1.82) is 0 Å². The van der Waals surface area contributed by atoms with E-state index in [4.69, 9.17) is 0 Å². The number of hydrogen-bond donors (Lipinski definition) is 2. The molecule has 2 fully saturated rings. The van der Waals surface area contributed by atoms with Crippen LogP contribution in [-0.4, -0.2) is 72.8 Å². The van der Waals surface area contributed by atoms with Crippen LogP contribution in [0.4, 0.5) is 0 Å². The third-order valence-corrected chi connectivity index (χ3v) is 5.27. The summed E-state index contributed by atoms with van der Waals surface area (Å²) in [5.41, 5.74) is 0. The topological polar surface area (TPSA) is 81.8 Å². The number of hydrogen-bond acceptors (Lipinski definition) is 5. The summed E-state index contributed by atoms with van der Waals surface area (Å²) < 4.78 is 0. The second-order valence-electron chi connectivity index (χ2n) is 6.48. The largest absolute Gasteiger partial charge is 0.352 e. The van der Waals surface area contributed by atoms with Gasteiger partial charge in [0.2, 0.25) is 11.8 Å². The van der Waals surface area contributed by atoms with E-state index in [1.54, 1.807) is 6.07 Å². The van der Waals surface area contributed by atoms with Crippen molar-refractivity contribution < 1.29 is 14.4 Å². The second kappa shape index (κ2) is 8.44. The molecule has 8 heteroatoms. The molecule has 136 valence electrons.